The van der Waals surface area contributed by atoms with E-state index in [-0.39, 0.29) is 35.6 Å². The minimum absolute atomic E-state index is 0.0265. The third kappa shape index (κ3) is 4.47. The van der Waals surface area contributed by atoms with Crippen LogP contribution in [0.15, 0.2) is 18.2 Å². The van der Waals surface area contributed by atoms with E-state index in [1.807, 2.05) is 0 Å². The lowest BCUT2D eigenvalue weighted by Gasteiger charge is -2.48. The van der Waals surface area contributed by atoms with Crippen LogP contribution in [0.1, 0.15) is 50.5 Å². The molecule has 2 heterocycles. The molecule has 3 amide bonds. The Bertz CT molecular complexity index is 799. The predicted molar refractivity (Wildman–Crippen MR) is 103 cm³/mol. The van der Waals surface area contributed by atoms with Crippen LogP contribution >= 0.6 is 11.6 Å². The molecule has 1 unspecified atom stereocenters. The fourth-order valence-corrected chi connectivity index (χ4v) is 4.73. The quantitative estimate of drug-likeness (QED) is 0.724. The number of benzene rings is 1. The summed E-state index contributed by atoms with van der Waals surface area (Å²) in [5.74, 6) is 0.246. The van der Waals surface area contributed by atoms with Crippen molar-refractivity contribution in [3.8, 4) is 0 Å². The van der Waals surface area contributed by atoms with Gasteiger partial charge in [-0.05, 0) is 63.1 Å². The highest BCUT2D eigenvalue weighted by molar-refractivity contribution is 6.31. The molecule has 2 bridgehead atoms. The first-order valence-corrected chi connectivity index (χ1v) is 10.4. The summed E-state index contributed by atoms with van der Waals surface area (Å²) in [5.41, 5.74) is -0.910. The Balaban J connectivity index is 1.44. The standard InChI is InChI=1S/C20H23ClF3N3O2/c21-17-7-6-12(10-16(17)20(22,23)24)26-19(29)27-14-2-1-3-15(27)9-13(8-14)25-18(28)11-4-5-11/h6-7,10-11,13-15H,1-5,8-9H2,(H,25,28)(H,26,29)/t13?,14-,15+. The molecule has 1 saturated carbocycles. The summed E-state index contributed by atoms with van der Waals surface area (Å²) in [7, 11) is 0. The second-order valence-electron chi connectivity index (χ2n) is 8.22. The number of amides is 3. The smallest absolute Gasteiger partial charge is 0.353 e. The Labute approximate surface area is 172 Å². The van der Waals surface area contributed by atoms with E-state index in [1.165, 1.54) is 6.07 Å². The lowest BCUT2D eigenvalue weighted by atomic mass is 9.82. The second-order valence-corrected chi connectivity index (χ2v) is 8.63. The number of hydrogen-bond acceptors (Lipinski definition) is 2. The van der Waals surface area contributed by atoms with Gasteiger partial charge < -0.3 is 15.5 Å². The van der Waals surface area contributed by atoms with Crippen LogP contribution in [-0.2, 0) is 11.0 Å². The van der Waals surface area contributed by atoms with Gasteiger partial charge in [-0.15, -0.1) is 0 Å². The number of urea groups is 1. The highest BCUT2D eigenvalue weighted by Crippen LogP contribution is 2.38. The monoisotopic (exact) mass is 429 g/mol. The average molecular weight is 430 g/mol. The topological polar surface area (TPSA) is 61.4 Å². The van der Waals surface area contributed by atoms with Gasteiger partial charge in [0.25, 0.3) is 0 Å². The highest BCUT2D eigenvalue weighted by atomic mass is 35.5. The molecule has 1 aliphatic carbocycles. The number of hydrogen-bond donors (Lipinski definition) is 2. The van der Waals surface area contributed by atoms with Gasteiger partial charge in [-0.25, -0.2) is 4.79 Å². The molecule has 3 aliphatic rings. The largest absolute Gasteiger partial charge is 0.417 e. The van der Waals surface area contributed by atoms with Gasteiger partial charge in [-0.1, -0.05) is 11.6 Å². The molecule has 3 atom stereocenters. The van der Waals surface area contributed by atoms with Crippen LogP contribution in [0.3, 0.4) is 0 Å². The average Bonchev–Trinajstić information content (AvgIpc) is 3.46. The van der Waals surface area contributed by atoms with Crippen molar-refractivity contribution >= 4 is 29.2 Å². The zero-order valence-corrected chi connectivity index (χ0v) is 16.5. The van der Waals surface area contributed by atoms with Crippen molar-refractivity contribution in [2.45, 2.75) is 69.2 Å². The number of anilines is 1. The van der Waals surface area contributed by atoms with E-state index in [9.17, 15) is 22.8 Å². The fourth-order valence-electron chi connectivity index (χ4n) is 4.50. The Morgan fingerprint density at radius 3 is 2.31 bits per heavy atom. The number of alkyl halides is 3. The van der Waals surface area contributed by atoms with Crippen molar-refractivity contribution in [3.63, 3.8) is 0 Å². The maximum atomic E-state index is 13.1. The van der Waals surface area contributed by atoms with E-state index >= 15 is 0 Å². The summed E-state index contributed by atoms with van der Waals surface area (Å²) in [5, 5.41) is 5.31. The molecule has 0 spiro atoms. The number of carbonyl (C=O) groups excluding carboxylic acids is 2. The number of fused-ring (bicyclic) bond motifs is 2. The fraction of sp³-hybridized carbons (Fsp3) is 0.600. The normalized spacial score (nSPS) is 26.8. The molecule has 2 aliphatic heterocycles. The van der Waals surface area contributed by atoms with Crippen molar-refractivity contribution < 1.29 is 22.8 Å². The van der Waals surface area contributed by atoms with Crippen LogP contribution in [-0.4, -0.2) is 35.0 Å². The van der Waals surface area contributed by atoms with Gasteiger partial charge in [-0.2, -0.15) is 13.2 Å². The Hall–Kier alpha value is -1.96. The predicted octanol–water partition coefficient (Wildman–Crippen LogP) is 4.80. The zero-order valence-electron chi connectivity index (χ0n) is 15.8. The van der Waals surface area contributed by atoms with Gasteiger partial charge in [-0.3, -0.25) is 4.79 Å². The van der Waals surface area contributed by atoms with Crippen molar-refractivity contribution in [2.75, 3.05) is 5.32 Å². The molecule has 0 aromatic heterocycles. The van der Waals surface area contributed by atoms with Gasteiger partial charge in [0.2, 0.25) is 5.91 Å². The summed E-state index contributed by atoms with van der Waals surface area (Å²) in [6.45, 7) is 0. The molecule has 1 aromatic carbocycles. The van der Waals surface area contributed by atoms with Crippen LogP contribution in [0.25, 0.3) is 0 Å². The summed E-state index contributed by atoms with van der Waals surface area (Å²) < 4.78 is 39.2. The van der Waals surface area contributed by atoms with E-state index in [4.69, 9.17) is 11.6 Å². The number of carbonyl (C=O) groups is 2. The van der Waals surface area contributed by atoms with Crippen LogP contribution in [0, 0.1) is 5.92 Å². The Kier molecular flexibility index (Phi) is 5.40. The van der Waals surface area contributed by atoms with Crippen molar-refractivity contribution in [3.05, 3.63) is 28.8 Å². The summed E-state index contributed by atoms with van der Waals surface area (Å²) >= 11 is 5.65. The maximum absolute atomic E-state index is 13.1. The molecule has 2 saturated heterocycles. The molecule has 158 valence electrons. The first kappa shape index (κ1) is 20.3. The first-order valence-electron chi connectivity index (χ1n) is 9.99. The lowest BCUT2D eigenvalue weighted by molar-refractivity contribution is -0.137. The highest BCUT2D eigenvalue weighted by Gasteiger charge is 2.42. The van der Waals surface area contributed by atoms with E-state index in [1.54, 1.807) is 4.90 Å². The lowest BCUT2D eigenvalue weighted by Crippen LogP contribution is -2.59. The van der Waals surface area contributed by atoms with Gasteiger partial charge in [0, 0.05) is 29.7 Å². The number of nitrogens with zero attached hydrogens (tertiary/aromatic N) is 1. The number of piperidine rings is 2. The summed E-state index contributed by atoms with van der Waals surface area (Å²) in [4.78, 5) is 26.7. The minimum atomic E-state index is -4.59. The third-order valence-corrected chi connectivity index (χ3v) is 6.36. The SMILES string of the molecule is O=C(NC1C[C@H]2CCC[C@@H](C1)N2C(=O)Nc1ccc(Cl)c(C(F)(F)F)c1)C1CC1. The first-order chi connectivity index (χ1) is 13.7. The molecule has 4 rings (SSSR count). The van der Waals surface area contributed by atoms with E-state index in [0.717, 1.165) is 44.2 Å². The Morgan fingerprint density at radius 2 is 1.72 bits per heavy atom. The zero-order chi connectivity index (χ0) is 20.8. The molecule has 0 radical (unpaired) electrons. The molecule has 29 heavy (non-hydrogen) atoms. The summed E-state index contributed by atoms with van der Waals surface area (Å²) in [6.07, 6.45) is 1.31. The molecule has 9 heteroatoms. The van der Waals surface area contributed by atoms with E-state index in [0.29, 0.717) is 12.8 Å². The van der Waals surface area contributed by atoms with Gasteiger partial charge in [0.15, 0.2) is 0 Å². The van der Waals surface area contributed by atoms with Crippen LogP contribution in [0.5, 0.6) is 0 Å². The van der Waals surface area contributed by atoms with Crippen molar-refractivity contribution in [2.24, 2.45) is 5.92 Å². The number of rotatable bonds is 3. The van der Waals surface area contributed by atoms with Crippen LogP contribution < -0.4 is 10.6 Å². The van der Waals surface area contributed by atoms with E-state index in [2.05, 4.69) is 10.6 Å². The summed E-state index contributed by atoms with van der Waals surface area (Å²) in [6, 6.07) is 2.96. The van der Waals surface area contributed by atoms with Gasteiger partial charge in [0.05, 0.1) is 10.6 Å². The molecular formula is C20H23ClF3N3O2. The van der Waals surface area contributed by atoms with Crippen molar-refractivity contribution in [1.29, 1.82) is 0 Å². The Morgan fingerprint density at radius 1 is 1.07 bits per heavy atom. The van der Waals surface area contributed by atoms with Crippen LogP contribution in [0.2, 0.25) is 5.02 Å². The van der Waals surface area contributed by atoms with Gasteiger partial charge in [0.1, 0.15) is 0 Å². The molecule has 3 fully saturated rings. The van der Waals surface area contributed by atoms with E-state index < -0.39 is 22.8 Å². The van der Waals surface area contributed by atoms with Gasteiger partial charge >= 0.3 is 12.2 Å². The maximum Gasteiger partial charge on any atom is 0.417 e. The molecule has 5 nitrogen and oxygen atoms in total. The van der Waals surface area contributed by atoms with Crippen molar-refractivity contribution in [1.82, 2.24) is 10.2 Å². The molecular weight excluding hydrogens is 407 g/mol. The number of nitrogens with one attached hydrogen (secondary N) is 2. The molecule has 1 aromatic rings. The second kappa shape index (κ2) is 7.70. The molecule has 2 N–H and O–H groups in total. The number of halogens is 4. The van der Waals surface area contributed by atoms with Crippen LogP contribution in [0.4, 0.5) is 23.7 Å². The third-order valence-electron chi connectivity index (χ3n) is 6.03. The minimum Gasteiger partial charge on any atom is -0.353 e.